The lowest BCUT2D eigenvalue weighted by atomic mass is 9.84. The number of aromatic hydroxyl groups is 3. The number of phenolic OH excluding ortho intramolecular Hbond substituents is 3. The van der Waals surface area contributed by atoms with Crippen molar-refractivity contribution in [3.05, 3.63) is 159 Å². The highest BCUT2D eigenvalue weighted by Gasteiger charge is 2.25. The molecule has 1 unspecified atom stereocenters. The molecule has 0 fully saturated rings. The highest BCUT2D eigenvalue weighted by atomic mass is 31.2. The molecule has 0 saturated carbocycles. The van der Waals surface area contributed by atoms with Crippen LogP contribution in [-0.4, -0.2) is 38.5 Å². The van der Waals surface area contributed by atoms with Gasteiger partial charge < -0.3 is 49.9 Å². The van der Waals surface area contributed by atoms with Gasteiger partial charge in [0.05, 0.1) is 12.8 Å². The monoisotopic (exact) mass is 969 g/mol. The smallest absolute Gasteiger partial charge is 0.507 e. The van der Waals surface area contributed by atoms with Crippen molar-refractivity contribution in [2.45, 2.75) is 125 Å². The Balaban J connectivity index is 1.14. The van der Waals surface area contributed by atoms with Gasteiger partial charge >= 0.3 is 8.60 Å². The van der Waals surface area contributed by atoms with Crippen molar-refractivity contribution >= 4 is 37.5 Å². The van der Waals surface area contributed by atoms with Gasteiger partial charge in [0.25, 0.3) is 0 Å². The van der Waals surface area contributed by atoms with Gasteiger partial charge in [0.2, 0.25) is 11.8 Å². The normalized spacial score (nSPS) is 12.3. The van der Waals surface area contributed by atoms with Crippen molar-refractivity contribution in [1.29, 1.82) is 0 Å². The summed E-state index contributed by atoms with van der Waals surface area (Å²) >= 11 is 0. The molecule has 0 aliphatic heterocycles. The Labute approximate surface area is 414 Å². The van der Waals surface area contributed by atoms with Crippen LogP contribution in [0.3, 0.4) is 0 Å². The number of anilines is 3. The Morgan fingerprint density at radius 1 is 0.486 bits per heavy atom. The minimum absolute atomic E-state index is 0.123. The van der Waals surface area contributed by atoms with Crippen molar-refractivity contribution in [3.8, 4) is 34.5 Å². The number of rotatable bonds is 16. The molecular formula is C57H68N3O9P. The van der Waals surface area contributed by atoms with Crippen LogP contribution in [-0.2, 0) is 45.1 Å². The standard InChI is InChI=1S/C57H68N3O9P/c1-34-25-37(28-46(52(34)64)55(4,5)6)31-49(61)58-40-13-19-43(20-14-40)67-70(68-44-21-15-41(16-22-44)59-50(62)32-38-26-35(2)53(65)47(29-38)56(7,8)9)69-45-23-17-42(18-24-45)60-51(63)33-39-27-36(3)54(66)48(30-39)57(10,11)12/h13-30,49,58,61,64-66H,31-33H2,1-12H3,(H,59,62)(H,60,63). The second kappa shape index (κ2) is 21.5. The van der Waals surface area contributed by atoms with Gasteiger partial charge in [-0.3, -0.25) is 9.59 Å². The van der Waals surface area contributed by atoms with E-state index in [0.717, 1.165) is 38.9 Å². The third-order valence-electron chi connectivity index (χ3n) is 11.7. The van der Waals surface area contributed by atoms with Gasteiger partial charge in [-0.2, -0.15) is 0 Å². The number of carbonyl (C=O) groups is 2. The van der Waals surface area contributed by atoms with E-state index in [1.165, 1.54) is 0 Å². The van der Waals surface area contributed by atoms with Gasteiger partial charge in [-0.15, -0.1) is 0 Å². The predicted octanol–water partition coefficient (Wildman–Crippen LogP) is 12.7. The Kier molecular flexibility index (Phi) is 16.2. The number of carbonyl (C=O) groups excluding carboxylic acids is 2. The lowest BCUT2D eigenvalue weighted by molar-refractivity contribution is -0.116. The van der Waals surface area contributed by atoms with Gasteiger partial charge in [-0.25, -0.2) is 0 Å². The van der Waals surface area contributed by atoms with E-state index in [4.69, 9.17) is 13.6 Å². The highest BCUT2D eigenvalue weighted by molar-refractivity contribution is 7.43. The van der Waals surface area contributed by atoms with Crippen LogP contribution in [0.15, 0.2) is 109 Å². The third-order valence-corrected chi connectivity index (χ3v) is 12.7. The third kappa shape index (κ3) is 14.2. The molecule has 2 amide bonds. The van der Waals surface area contributed by atoms with Crippen molar-refractivity contribution in [2.24, 2.45) is 0 Å². The number of phenols is 3. The molecule has 12 nitrogen and oxygen atoms in total. The van der Waals surface area contributed by atoms with Gasteiger partial charge in [-0.1, -0.05) is 98.7 Å². The quantitative estimate of drug-likeness (QED) is 0.0365. The summed E-state index contributed by atoms with van der Waals surface area (Å²) in [6.07, 6.45) is -0.354. The molecule has 1 atom stereocenters. The first-order valence-corrected chi connectivity index (χ1v) is 24.5. The first kappa shape index (κ1) is 52.6. The molecule has 70 heavy (non-hydrogen) atoms. The van der Waals surface area contributed by atoms with Crippen LogP contribution in [0.25, 0.3) is 0 Å². The largest absolute Gasteiger partial charge is 0.530 e. The predicted molar refractivity (Wildman–Crippen MR) is 281 cm³/mol. The van der Waals surface area contributed by atoms with E-state index in [1.54, 1.807) is 72.8 Å². The molecule has 0 heterocycles. The summed E-state index contributed by atoms with van der Waals surface area (Å²) in [6, 6.07) is 31.9. The van der Waals surface area contributed by atoms with E-state index in [9.17, 15) is 30.0 Å². The Hall–Kier alpha value is -6.75. The van der Waals surface area contributed by atoms with Gasteiger partial charge in [0.15, 0.2) is 0 Å². The number of aryl methyl sites for hydroxylation is 3. The van der Waals surface area contributed by atoms with Crippen LogP contribution in [0.2, 0.25) is 0 Å². The zero-order valence-corrected chi connectivity index (χ0v) is 43.3. The van der Waals surface area contributed by atoms with Crippen molar-refractivity contribution in [2.75, 3.05) is 16.0 Å². The zero-order chi connectivity index (χ0) is 51.3. The number of hydrogen-bond donors (Lipinski definition) is 7. The molecule has 0 aliphatic rings. The summed E-state index contributed by atoms with van der Waals surface area (Å²) in [5.41, 5.74) is 7.95. The van der Waals surface area contributed by atoms with Crippen molar-refractivity contribution in [3.63, 3.8) is 0 Å². The number of amides is 2. The number of benzene rings is 6. The van der Waals surface area contributed by atoms with E-state index in [-0.39, 0.29) is 58.1 Å². The van der Waals surface area contributed by atoms with E-state index in [0.29, 0.717) is 51.9 Å². The van der Waals surface area contributed by atoms with E-state index < -0.39 is 14.8 Å². The number of aliphatic hydroxyl groups excluding tert-OH is 1. The van der Waals surface area contributed by atoms with Crippen molar-refractivity contribution < 1.29 is 43.6 Å². The molecule has 13 heteroatoms. The first-order chi connectivity index (χ1) is 32.7. The molecule has 370 valence electrons. The number of hydrogen-bond acceptors (Lipinski definition) is 10. The van der Waals surface area contributed by atoms with E-state index in [2.05, 4.69) is 16.0 Å². The molecule has 0 aliphatic carbocycles. The van der Waals surface area contributed by atoms with Crippen LogP contribution < -0.4 is 29.5 Å². The summed E-state index contributed by atoms with van der Waals surface area (Å²) in [7, 11) is -2.13. The molecule has 0 radical (unpaired) electrons. The average molecular weight is 970 g/mol. The molecule has 6 aromatic rings. The SMILES string of the molecule is Cc1cc(CC(=O)Nc2ccc(OP(Oc3ccc(NC(=O)Cc4cc(C)c(O)c(C(C)(C)C)c4)cc3)Oc3ccc(NC(O)Cc4cc(C)c(O)c(C(C)(C)C)c4)cc3)cc2)cc(C(C)(C)C)c1O. The van der Waals surface area contributed by atoms with E-state index in [1.807, 2.05) is 119 Å². The molecule has 6 aromatic carbocycles. The van der Waals surface area contributed by atoms with Gasteiger partial charge in [0.1, 0.15) is 40.7 Å². The summed E-state index contributed by atoms with van der Waals surface area (Å²) in [6.45, 7) is 23.7. The fourth-order valence-corrected chi connectivity index (χ4v) is 8.97. The molecule has 0 bridgehead atoms. The van der Waals surface area contributed by atoms with Crippen LogP contribution in [0, 0.1) is 20.8 Å². The van der Waals surface area contributed by atoms with Crippen LogP contribution in [0.4, 0.5) is 17.1 Å². The Bertz CT molecular complexity index is 2680. The summed E-state index contributed by atoms with van der Waals surface area (Å²) in [4.78, 5) is 26.4. The summed E-state index contributed by atoms with van der Waals surface area (Å²) in [5.74, 6) is 1.58. The minimum atomic E-state index is -2.13. The van der Waals surface area contributed by atoms with Crippen LogP contribution in [0.5, 0.6) is 34.5 Å². The molecule has 0 saturated heterocycles. The maximum Gasteiger partial charge on any atom is 0.530 e. The second-order valence-corrected chi connectivity index (χ2v) is 22.1. The summed E-state index contributed by atoms with van der Waals surface area (Å²) < 4.78 is 18.9. The van der Waals surface area contributed by atoms with E-state index >= 15 is 0 Å². The maximum absolute atomic E-state index is 13.2. The Morgan fingerprint density at radius 3 is 1.11 bits per heavy atom. The minimum Gasteiger partial charge on any atom is -0.507 e. The van der Waals surface area contributed by atoms with Gasteiger partial charge in [0, 0.05) is 23.5 Å². The van der Waals surface area contributed by atoms with Crippen molar-refractivity contribution in [1.82, 2.24) is 0 Å². The number of nitrogens with one attached hydrogen (secondary N) is 3. The fraction of sp³-hybridized carbons (Fsp3) is 0.333. The lowest BCUT2D eigenvalue weighted by Crippen LogP contribution is -2.22. The maximum atomic E-state index is 13.2. The summed E-state index contributed by atoms with van der Waals surface area (Å²) in [5, 5.41) is 52.0. The average Bonchev–Trinajstić information content (AvgIpc) is 3.25. The second-order valence-electron chi connectivity index (χ2n) is 21.1. The molecule has 0 aromatic heterocycles. The highest BCUT2D eigenvalue weighted by Crippen LogP contribution is 2.43. The van der Waals surface area contributed by atoms with Gasteiger partial charge in [-0.05, 0) is 160 Å². The molecule has 0 spiro atoms. The van der Waals surface area contributed by atoms with Crippen LogP contribution in [0.1, 0.15) is 112 Å². The molecular weight excluding hydrogens is 902 g/mol. The number of aliphatic hydroxyl groups is 1. The first-order valence-electron chi connectivity index (χ1n) is 23.4. The zero-order valence-electron chi connectivity index (χ0n) is 42.4. The molecule has 7 N–H and O–H groups in total. The topological polar surface area (TPSA) is 179 Å². The fourth-order valence-electron chi connectivity index (χ4n) is 7.97. The molecule has 6 rings (SSSR count). The lowest BCUT2D eigenvalue weighted by Gasteiger charge is -2.23. The Morgan fingerprint density at radius 2 is 0.786 bits per heavy atom. The van der Waals surface area contributed by atoms with Crippen LogP contribution >= 0.6 is 8.60 Å².